The number of nitrogens with zero attached hydrogens (tertiary/aromatic N) is 1. The van der Waals surface area contributed by atoms with Crippen LogP contribution in [-0.2, 0) is 24.0 Å². The minimum atomic E-state index is -1.53. The second-order valence-corrected chi connectivity index (χ2v) is 8.74. The summed E-state index contributed by atoms with van der Waals surface area (Å²) >= 11 is 0. The van der Waals surface area contributed by atoms with Crippen molar-refractivity contribution in [3.8, 4) is 0 Å². The van der Waals surface area contributed by atoms with Gasteiger partial charge in [-0.25, -0.2) is 4.79 Å². The quantitative estimate of drug-likeness (QED) is 0.0384. The molecule has 15 N–H and O–H groups in total. The average Bonchev–Trinajstić information content (AvgIpc) is 2.84. The summed E-state index contributed by atoms with van der Waals surface area (Å²) in [4.78, 5) is 65.0. The summed E-state index contributed by atoms with van der Waals surface area (Å²) in [7, 11) is 0. The Balaban J connectivity index is 5.42. The van der Waals surface area contributed by atoms with E-state index in [4.69, 9.17) is 28.7 Å². The third-order valence-corrected chi connectivity index (χ3v) is 5.46. The molecule has 0 aliphatic carbocycles. The van der Waals surface area contributed by atoms with Gasteiger partial charge < -0.3 is 54.8 Å². The van der Waals surface area contributed by atoms with Gasteiger partial charge in [-0.1, -0.05) is 0 Å². The van der Waals surface area contributed by atoms with E-state index in [0.29, 0.717) is 45.2 Å². The smallest absolute Gasteiger partial charge is 0.326 e. The fraction of sp³-hybridized carbons (Fsp3) is 0.727. The molecule has 16 nitrogen and oxygen atoms in total. The SMILES string of the molecule is NCCCCC(NC(=O)C(CCCCN)NC(=O)C(CC(=O)O)NC(=O)C(N)CCCN=C(N)N)C(=O)O. The molecular weight excluding hydrogens is 502 g/mol. The Morgan fingerprint density at radius 3 is 1.68 bits per heavy atom. The molecule has 0 aliphatic heterocycles. The molecule has 0 aromatic heterocycles. The number of carboxylic acids is 2. The average molecular weight is 546 g/mol. The van der Waals surface area contributed by atoms with Gasteiger partial charge in [0.2, 0.25) is 17.7 Å². The first-order valence-electron chi connectivity index (χ1n) is 12.5. The molecule has 0 saturated carbocycles. The molecule has 0 aromatic rings. The molecule has 38 heavy (non-hydrogen) atoms. The summed E-state index contributed by atoms with van der Waals surface area (Å²) in [5.41, 5.74) is 27.2. The van der Waals surface area contributed by atoms with Crippen LogP contribution in [-0.4, -0.2) is 89.6 Å². The Kier molecular flexibility index (Phi) is 17.8. The number of aliphatic carboxylic acids is 2. The number of carbonyl (C=O) groups is 5. The largest absolute Gasteiger partial charge is 0.481 e. The van der Waals surface area contributed by atoms with E-state index in [1.54, 1.807) is 0 Å². The maximum atomic E-state index is 12.9. The molecule has 0 fully saturated rings. The lowest BCUT2D eigenvalue weighted by Crippen LogP contribution is -2.57. The monoisotopic (exact) mass is 545 g/mol. The van der Waals surface area contributed by atoms with Gasteiger partial charge >= 0.3 is 11.9 Å². The molecule has 0 heterocycles. The highest BCUT2D eigenvalue weighted by atomic mass is 16.4. The minimum Gasteiger partial charge on any atom is -0.481 e. The van der Waals surface area contributed by atoms with Crippen LogP contribution in [0.4, 0.5) is 0 Å². The van der Waals surface area contributed by atoms with Crippen LogP contribution in [0.1, 0.15) is 57.8 Å². The zero-order valence-electron chi connectivity index (χ0n) is 21.6. The van der Waals surface area contributed by atoms with E-state index in [9.17, 15) is 34.2 Å². The topological polar surface area (TPSA) is 304 Å². The number of hydrogen-bond donors (Lipinski definition) is 10. The molecule has 0 aromatic carbocycles. The van der Waals surface area contributed by atoms with E-state index in [1.165, 1.54) is 0 Å². The summed E-state index contributed by atoms with van der Waals surface area (Å²) in [5, 5.41) is 25.8. The number of aliphatic imine (C=N–C) groups is 1. The molecule has 0 aliphatic rings. The van der Waals surface area contributed by atoms with E-state index in [2.05, 4.69) is 20.9 Å². The summed E-state index contributed by atoms with van der Waals surface area (Å²) in [6.45, 7) is 0.929. The van der Waals surface area contributed by atoms with Gasteiger partial charge in [-0.15, -0.1) is 0 Å². The number of rotatable bonds is 21. The van der Waals surface area contributed by atoms with Crippen LogP contribution in [0.2, 0.25) is 0 Å². The van der Waals surface area contributed by atoms with Gasteiger partial charge in [-0.05, 0) is 64.5 Å². The lowest BCUT2D eigenvalue weighted by molar-refractivity contribution is -0.143. The summed E-state index contributed by atoms with van der Waals surface area (Å²) in [5.74, 6) is -5.19. The second-order valence-electron chi connectivity index (χ2n) is 8.74. The van der Waals surface area contributed by atoms with Crippen LogP contribution in [0.25, 0.3) is 0 Å². The predicted molar refractivity (Wildman–Crippen MR) is 139 cm³/mol. The van der Waals surface area contributed by atoms with Crippen molar-refractivity contribution in [1.29, 1.82) is 0 Å². The number of amides is 3. The third kappa shape index (κ3) is 15.6. The Morgan fingerprint density at radius 1 is 0.684 bits per heavy atom. The number of nitrogens with one attached hydrogen (secondary N) is 3. The Labute approximate surface area is 221 Å². The Morgan fingerprint density at radius 2 is 1.18 bits per heavy atom. The van der Waals surface area contributed by atoms with Gasteiger partial charge in [0.05, 0.1) is 12.5 Å². The van der Waals surface area contributed by atoms with Crippen molar-refractivity contribution in [2.45, 2.75) is 82.0 Å². The summed E-state index contributed by atoms with van der Waals surface area (Å²) in [6.07, 6.45) is 2.00. The van der Waals surface area contributed by atoms with Crippen molar-refractivity contribution >= 4 is 35.6 Å². The number of nitrogens with two attached hydrogens (primary N) is 5. The maximum absolute atomic E-state index is 12.9. The van der Waals surface area contributed by atoms with Crippen molar-refractivity contribution < 1.29 is 34.2 Å². The fourth-order valence-electron chi connectivity index (χ4n) is 3.37. The first kappa shape index (κ1) is 34.5. The zero-order chi connectivity index (χ0) is 29.1. The number of unbranched alkanes of at least 4 members (excludes halogenated alkanes) is 2. The van der Waals surface area contributed by atoms with Gasteiger partial charge in [-0.3, -0.25) is 24.2 Å². The number of carbonyl (C=O) groups excluding carboxylic acids is 3. The van der Waals surface area contributed by atoms with E-state index in [1.807, 2.05) is 0 Å². The molecule has 4 unspecified atom stereocenters. The number of hydrogen-bond acceptors (Lipinski definition) is 9. The van der Waals surface area contributed by atoms with Gasteiger partial charge in [-0.2, -0.15) is 0 Å². The van der Waals surface area contributed by atoms with Crippen molar-refractivity contribution in [3.05, 3.63) is 0 Å². The molecule has 16 heteroatoms. The Bertz CT molecular complexity index is 806. The van der Waals surface area contributed by atoms with Gasteiger partial charge in [0.25, 0.3) is 0 Å². The van der Waals surface area contributed by atoms with Crippen molar-refractivity contribution in [2.75, 3.05) is 19.6 Å². The van der Waals surface area contributed by atoms with Gasteiger partial charge in [0.15, 0.2) is 5.96 Å². The van der Waals surface area contributed by atoms with Crippen molar-refractivity contribution in [2.24, 2.45) is 33.7 Å². The van der Waals surface area contributed by atoms with E-state index in [0.717, 1.165) is 0 Å². The minimum absolute atomic E-state index is 0.113. The maximum Gasteiger partial charge on any atom is 0.326 e. The standard InChI is InChI=1S/C22H43N9O7/c23-9-3-1-7-14(19(35)30-15(21(37)38)8-2-4-10-24)29-20(36)16(12-17(32)33)31-18(34)13(25)6-5-11-28-22(26)27/h13-16H,1-12,23-25H2,(H,29,36)(H,30,35)(H,31,34)(H,32,33)(H,37,38)(H4,26,27,28). The van der Waals surface area contributed by atoms with Crippen molar-refractivity contribution in [3.63, 3.8) is 0 Å². The van der Waals surface area contributed by atoms with Crippen LogP contribution >= 0.6 is 0 Å². The van der Waals surface area contributed by atoms with E-state index in [-0.39, 0.29) is 31.8 Å². The highest BCUT2D eigenvalue weighted by molar-refractivity contribution is 5.95. The van der Waals surface area contributed by atoms with E-state index >= 15 is 0 Å². The lowest BCUT2D eigenvalue weighted by Gasteiger charge is -2.24. The molecular formula is C22H43N9O7. The lowest BCUT2D eigenvalue weighted by atomic mass is 10.0. The first-order valence-corrected chi connectivity index (χ1v) is 12.5. The molecule has 4 atom stereocenters. The van der Waals surface area contributed by atoms with Crippen LogP contribution in [0.15, 0.2) is 4.99 Å². The van der Waals surface area contributed by atoms with E-state index < -0.39 is 60.2 Å². The van der Waals surface area contributed by atoms with Crippen LogP contribution < -0.4 is 44.6 Å². The molecule has 218 valence electrons. The second kappa shape index (κ2) is 19.6. The predicted octanol–water partition coefficient (Wildman–Crippen LogP) is -3.36. The summed E-state index contributed by atoms with van der Waals surface area (Å²) < 4.78 is 0. The molecule has 3 amide bonds. The van der Waals surface area contributed by atoms with Gasteiger partial charge in [0, 0.05) is 6.54 Å². The van der Waals surface area contributed by atoms with Gasteiger partial charge in [0.1, 0.15) is 18.1 Å². The van der Waals surface area contributed by atoms with Crippen LogP contribution in [0.5, 0.6) is 0 Å². The fourth-order valence-corrected chi connectivity index (χ4v) is 3.37. The number of guanidine groups is 1. The third-order valence-electron chi connectivity index (χ3n) is 5.46. The molecule has 0 radical (unpaired) electrons. The number of carboxylic acid groups (broad SMARTS) is 2. The Hall–Kier alpha value is -3.50. The first-order chi connectivity index (χ1) is 17.9. The van der Waals surface area contributed by atoms with Crippen molar-refractivity contribution in [1.82, 2.24) is 16.0 Å². The molecule has 0 saturated heterocycles. The molecule has 0 bridgehead atoms. The molecule has 0 spiro atoms. The van der Waals surface area contributed by atoms with Crippen LogP contribution in [0.3, 0.4) is 0 Å². The highest BCUT2D eigenvalue weighted by Gasteiger charge is 2.31. The molecule has 0 rings (SSSR count). The normalized spacial score (nSPS) is 13.9. The van der Waals surface area contributed by atoms with Crippen LogP contribution in [0, 0.1) is 0 Å². The summed E-state index contributed by atoms with van der Waals surface area (Å²) in [6, 6.07) is -4.99. The highest BCUT2D eigenvalue weighted by Crippen LogP contribution is 2.07. The zero-order valence-corrected chi connectivity index (χ0v) is 21.6.